The highest BCUT2D eigenvalue weighted by Crippen LogP contribution is 2.36. The molecule has 0 bridgehead atoms. The van der Waals surface area contributed by atoms with Crippen LogP contribution in [0.1, 0.15) is 11.1 Å². The fourth-order valence-electron chi connectivity index (χ4n) is 2.73. The number of hydrogen-bond donors (Lipinski definition) is 0. The van der Waals surface area contributed by atoms with Crippen LogP contribution in [0.15, 0.2) is 35.9 Å². The van der Waals surface area contributed by atoms with Crippen molar-refractivity contribution in [1.29, 1.82) is 0 Å². The van der Waals surface area contributed by atoms with E-state index >= 15 is 0 Å². The predicted octanol–water partition coefficient (Wildman–Crippen LogP) is 5.48. The monoisotopic (exact) mass is 502 g/mol. The van der Waals surface area contributed by atoms with E-state index in [4.69, 9.17) is 63.4 Å². The molecule has 0 unspecified atom stereocenters. The van der Waals surface area contributed by atoms with Gasteiger partial charge < -0.3 is 4.74 Å². The SMILES string of the molecule is CN1C(=O)C(=Cc2cc(Cl)c(OCc3ccc(Cl)c(Cl)c3)c(Cl)c2)C(=O)N(C)C1=S. The normalized spacial score (nSPS) is 14.5. The van der Waals surface area contributed by atoms with Crippen molar-refractivity contribution in [2.24, 2.45) is 0 Å². The first-order valence-electron chi connectivity index (χ1n) is 8.47. The highest BCUT2D eigenvalue weighted by atomic mass is 35.5. The van der Waals surface area contributed by atoms with Gasteiger partial charge >= 0.3 is 0 Å². The zero-order valence-corrected chi connectivity index (χ0v) is 19.6. The minimum absolute atomic E-state index is 0.0507. The van der Waals surface area contributed by atoms with Crippen molar-refractivity contribution in [2.45, 2.75) is 6.61 Å². The molecule has 0 spiro atoms. The molecule has 0 aliphatic carbocycles. The van der Waals surface area contributed by atoms with E-state index in [1.165, 1.54) is 30.0 Å². The Morgan fingerprint density at radius 1 is 0.900 bits per heavy atom. The van der Waals surface area contributed by atoms with Gasteiger partial charge in [-0.15, -0.1) is 0 Å². The Bertz CT molecular complexity index is 1050. The Balaban J connectivity index is 1.86. The number of hydrogen-bond acceptors (Lipinski definition) is 4. The average molecular weight is 504 g/mol. The van der Waals surface area contributed by atoms with Crippen molar-refractivity contribution in [2.75, 3.05) is 14.1 Å². The van der Waals surface area contributed by atoms with Crippen LogP contribution in [0.4, 0.5) is 0 Å². The summed E-state index contributed by atoms with van der Waals surface area (Å²) in [4.78, 5) is 27.4. The van der Waals surface area contributed by atoms with Gasteiger partial charge in [-0.25, -0.2) is 0 Å². The zero-order valence-electron chi connectivity index (χ0n) is 15.7. The molecule has 0 atom stereocenters. The Labute approximate surface area is 198 Å². The van der Waals surface area contributed by atoms with E-state index in [9.17, 15) is 9.59 Å². The van der Waals surface area contributed by atoms with Crippen LogP contribution in [-0.4, -0.2) is 40.8 Å². The van der Waals surface area contributed by atoms with Crippen LogP contribution in [0.3, 0.4) is 0 Å². The quantitative estimate of drug-likeness (QED) is 0.315. The van der Waals surface area contributed by atoms with Gasteiger partial charge in [-0.2, -0.15) is 0 Å². The summed E-state index contributed by atoms with van der Waals surface area (Å²) < 4.78 is 5.73. The lowest BCUT2D eigenvalue weighted by Crippen LogP contribution is -2.52. The lowest BCUT2D eigenvalue weighted by molar-refractivity contribution is -0.132. The molecule has 2 amide bonds. The van der Waals surface area contributed by atoms with Gasteiger partial charge in [-0.1, -0.05) is 52.5 Å². The van der Waals surface area contributed by atoms with Gasteiger partial charge in [0.05, 0.1) is 20.1 Å². The van der Waals surface area contributed by atoms with Gasteiger partial charge in [0.15, 0.2) is 10.9 Å². The number of carbonyl (C=O) groups is 2. The maximum atomic E-state index is 12.5. The molecule has 30 heavy (non-hydrogen) atoms. The Kier molecular flexibility index (Phi) is 6.95. The Hall–Kier alpha value is -1.83. The summed E-state index contributed by atoms with van der Waals surface area (Å²) in [6, 6.07) is 8.23. The molecule has 1 heterocycles. The highest BCUT2D eigenvalue weighted by Gasteiger charge is 2.35. The van der Waals surface area contributed by atoms with Crippen LogP contribution >= 0.6 is 58.6 Å². The minimum Gasteiger partial charge on any atom is -0.486 e. The van der Waals surface area contributed by atoms with E-state index in [-0.39, 0.29) is 33.1 Å². The number of amides is 2. The predicted molar refractivity (Wildman–Crippen MR) is 123 cm³/mol. The van der Waals surface area contributed by atoms with Crippen molar-refractivity contribution < 1.29 is 14.3 Å². The number of ether oxygens (including phenoxy) is 1. The van der Waals surface area contributed by atoms with E-state index in [0.717, 1.165) is 5.56 Å². The molecular formula is C20H14Cl4N2O3S. The molecule has 10 heteroatoms. The van der Waals surface area contributed by atoms with Gasteiger partial charge in [-0.05, 0) is 53.7 Å². The minimum atomic E-state index is -0.504. The molecule has 1 aliphatic heterocycles. The van der Waals surface area contributed by atoms with Crippen LogP contribution in [0.2, 0.25) is 20.1 Å². The maximum absolute atomic E-state index is 12.5. The van der Waals surface area contributed by atoms with Gasteiger partial charge in [0.1, 0.15) is 12.2 Å². The largest absolute Gasteiger partial charge is 0.486 e. The summed E-state index contributed by atoms with van der Waals surface area (Å²) in [6.07, 6.45) is 1.42. The number of halogens is 4. The molecule has 0 saturated carbocycles. The van der Waals surface area contributed by atoms with Crippen molar-refractivity contribution in [3.8, 4) is 5.75 Å². The molecule has 1 saturated heterocycles. The van der Waals surface area contributed by atoms with E-state index in [2.05, 4.69) is 0 Å². The molecule has 2 aromatic rings. The lowest BCUT2D eigenvalue weighted by Gasteiger charge is -2.31. The van der Waals surface area contributed by atoms with Crippen LogP contribution in [0.25, 0.3) is 6.08 Å². The molecule has 2 aromatic carbocycles. The van der Waals surface area contributed by atoms with Gasteiger partial charge in [0.25, 0.3) is 11.8 Å². The topological polar surface area (TPSA) is 49.9 Å². The summed E-state index contributed by atoms with van der Waals surface area (Å²) in [5.41, 5.74) is 1.20. The maximum Gasteiger partial charge on any atom is 0.265 e. The van der Waals surface area contributed by atoms with Crippen LogP contribution in [0.5, 0.6) is 5.75 Å². The van der Waals surface area contributed by atoms with Gasteiger partial charge in [0.2, 0.25) is 0 Å². The third-order valence-corrected chi connectivity index (χ3v) is 6.19. The van der Waals surface area contributed by atoms with Crippen molar-refractivity contribution >= 4 is 81.6 Å². The summed E-state index contributed by atoms with van der Waals surface area (Å²) >= 11 is 29.7. The molecule has 0 aromatic heterocycles. The fraction of sp³-hybridized carbons (Fsp3) is 0.150. The second-order valence-electron chi connectivity index (χ2n) is 6.42. The molecule has 1 fully saturated rings. The van der Waals surface area contributed by atoms with E-state index in [1.54, 1.807) is 30.3 Å². The van der Waals surface area contributed by atoms with E-state index in [1.807, 2.05) is 0 Å². The smallest absolute Gasteiger partial charge is 0.265 e. The second-order valence-corrected chi connectivity index (χ2v) is 8.41. The third kappa shape index (κ3) is 4.58. The van der Waals surface area contributed by atoms with Gasteiger partial charge in [-0.3, -0.25) is 19.4 Å². The molecule has 3 rings (SSSR count). The van der Waals surface area contributed by atoms with E-state index in [0.29, 0.717) is 15.6 Å². The molecule has 0 radical (unpaired) electrons. The van der Waals surface area contributed by atoms with Crippen molar-refractivity contribution in [1.82, 2.24) is 9.80 Å². The molecule has 0 N–H and O–H groups in total. The first-order valence-corrected chi connectivity index (χ1v) is 10.4. The number of rotatable bonds is 4. The number of thiocarbonyl (C=S) groups is 1. The van der Waals surface area contributed by atoms with Crippen LogP contribution < -0.4 is 4.74 Å². The third-order valence-electron chi connectivity index (χ3n) is 4.34. The van der Waals surface area contributed by atoms with E-state index < -0.39 is 11.8 Å². The zero-order chi connectivity index (χ0) is 22.2. The molecule has 156 valence electrons. The standard InChI is InChI=1S/C20H14Cl4N2O3S/c1-25-18(27)12(19(28)26(2)20(25)30)5-11-7-15(23)17(16(24)8-11)29-9-10-3-4-13(21)14(22)6-10/h3-8H,9H2,1-2H3. The number of carbonyl (C=O) groups excluding carboxylic acids is 2. The summed E-state index contributed by atoms with van der Waals surface area (Å²) in [5, 5.41) is 1.43. The number of nitrogens with zero attached hydrogens (tertiary/aromatic N) is 2. The van der Waals surface area contributed by atoms with Crippen LogP contribution in [-0.2, 0) is 16.2 Å². The number of benzene rings is 2. The Morgan fingerprint density at radius 3 is 2.00 bits per heavy atom. The second kappa shape index (κ2) is 9.12. The average Bonchev–Trinajstić information content (AvgIpc) is 2.70. The van der Waals surface area contributed by atoms with Crippen molar-refractivity contribution in [3.05, 3.63) is 67.1 Å². The fourth-order valence-corrected chi connectivity index (χ4v) is 3.83. The first kappa shape index (κ1) is 22.8. The summed E-state index contributed by atoms with van der Waals surface area (Å²) in [7, 11) is 3.00. The highest BCUT2D eigenvalue weighted by molar-refractivity contribution is 7.80. The van der Waals surface area contributed by atoms with Crippen molar-refractivity contribution in [3.63, 3.8) is 0 Å². The molecule has 5 nitrogen and oxygen atoms in total. The lowest BCUT2D eigenvalue weighted by atomic mass is 10.1. The first-order chi connectivity index (χ1) is 14.1. The molecule has 1 aliphatic rings. The molecular weight excluding hydrogens is 490 g/mol. The van der Waals surface area contributed by atoms with Gasteiger partial charge in [0, 0.05) is 14.1 Å². The summed E-state index contributed by atoms with van der Waals surface area (Å²) in [6.45, 7) is 0.167. The van der Waals surface area contributed by atoms with Crippen LogP contribution in [0, 0.1) is 0 Å². The number of likely N-dealkylation sites (N-methyl/N-ethyl adjacent to an activating group) is 2. The summed E-state index contributed by atoms with van der Waals surface area (Å²) in [5.74, 6) is -0.742. The Morgan fingerprint density at radius 2 is 1.47 bits per heavy atom.